The first kappa shape index (κ1) is 16.8. The highest BCUT2D eigenvalue weighted by molar-refractivity contribution is 5.76. The summed E-state index contributed by atoms with van der Waals surface area (Å²) < 4.78 is 5.69. The molecule has 1 rings (SSSR count). The Kier molecular flexibility index (Phi) is 7.36. The van der Waals surface area contributed by atoms with E-state index in [9.17, 15) is 9.59 Å². The van der Waals surface area contributed by atoms with Crippen molar-refractivity contribution in [3.05, 3.63) is 0 Å². The van der Waals surface area contributed by atoms with E-state index in [1.165, 1.54) is 19.3 Å². The van der Waals surface area contributed by atoms with E-state index >= 15 is 0 Å². The van der Waals surface area contributed by atoms with Crippen LogP contribution in [0.1, 0.15) is 46.0 Å². The average molecular weight is 286 g/mol. The van der Waals surface area contributed by atoms with Gasteiger partial charge >= 0.3 is 12.0 Å². The van der Waals surface area contributed by atoms with E-state index in [2.05, 4.69) is 10.6 Å². The van der Waals surface area contributed by atoms with Crippen LogP contribution in [0.3, 0.4) is 0 Å². The highest BCUT2D eigenvalue weighted by Crippen LogP contribution is 2.19. The Morgan fingerprint density at radius 3 is 2.50 bits per heavy atom. The van der Waals surface area contributed by atoms with Crippen LogP contribution in [0, 0.1) is 5.92 Å². The molecule has 3 N–H and O–H groups in total. The molecule has 0 saturated heterocycles. The first-order chi connectivity index (χ1) is 9.50. The van der Waals surface area contributed by atoms with Gasteiger partial charge in [0.05, 0.1) is 18.6 Å². The third-order valence-corrected chi connectivity index (χ3v) is 3.79. The molecule has 0 heterocycles. The largest absolute Gasteiger partial charge is 0.481 e. The van der Waals surface area contributed by atoms with Crippen molar-refractivity contribution in [3.63, 3.8) is 0 Å². The Labute approximate surface area is 120 Å². The zero-order valence-corrected chi connectivity index (χ0v) is 12.4. The van der Waals surface area contributed by atoms with Gasteiger partial charge in [-0.15, -0.1) is 0 Å². The minimum Gasteiger partial charge on any atom is -0.481 e. The number of ether oxygens (including phenoxy) is 1. The molecule has 20 heavy (non-hydrogen) atoms. The van der Waals surface area contributed by atoms with Crippen LogP contribution < -0.4 is 10.6 Å². The molecule has 0 radical (unpaired) electrons. The molecule has 0 aromatic heterocycles. The second-order valence-electron chi connectivity index (χ2n) is 5.45. The second kappa shape index (κ2) is 8.79. The lowest BCUT2D eigenvalue weighted by molar-refractivity contribution is -0.141. The van der Waals surface area contributed by atoms with Gasteiger partial charge in [-0.05, 0) is 26.7 Å². The Hall–Kier alpha value is -1.30. The number of rotatable bonds is 7. The van der Waals surface area contributed by atoms with Crippen LogP contribution in [0.25, 0.3) is 0 Å². The molecule has 0 bridgehead atoms. The molecule has 1 saturated carbocycles. The van der Waals surface area contributed by atoms with E-state index in [0.29, 0.717) is 19.3 Å². The molecule has 2 unspecified atom stereocenters. The summed E-state index contributed by atoms with van der Waals surface area (Å²) in [5, 5.41) is 14.1. The van der Waals surface area contributed by atoms with Gasteiger partial charge in [-0.3, -0.25) is 4.79 Å². The van der Waals surface area contributed by atoms with E-state index in [1.807, 2.05) is 0 Å². The molecule has 0 spiro atoms. The summed E-state index contributed by atoms with van der Waals surface area (Å²) in [6, 6.07) is -0.760. The minimum atomic E-state index is -0.918. The van der Waals surface area contributed by atoms with Crippen LogP contribution in [0.4, 0.5) is 4.79 Å². The van der Waals surface area contributed by atoms with Crippen molar-refractivity contribution >= 4 is 12.0 Å². The summed E-state index contributed by atoms with van der Waals surface area (Å²) in [5.41, 5.74) is 0. The smallest absolute Gasteiger partial charge is 0.315 e. The lowest BCUT2D eigenvalue weighted by Gasteiger charge is -2.22. The zero-order chi connectivity index (χ0) is 15.0. The maximum Gasteiger partial charge on any atom is 0.315 e. The quantitative estimate of drug-likeness (QED) is 0.622. The number of amides is 2. The molecule has 0 aromatic rings. The maximum absolute atomic E-state index is 11.6. The summed E-state index contributed by atoms with van der Waals surface area (Å²) in [6.07, 6.45) is 6.30. The Morgan fingerprint density at radius 1 is 1.25 bits per heavy atom. The fourth-order valence-electron chi connectivity index (χ4n) is 2.22. The first-order valence-electron chi connectivity index (χ1n) is 7.39. The predicted octanol–water partition coefficient (Wildman–Crippen LogP) is 1.74. The Morgan fingerprint density at radius 2 is 1.90 bits per heavy atom. The van der Waals surface area contributed by atoms with Crippen LogP contribution in [0.15, 0.2) is 0 Å². The summed E-state index contributed by atoms with van der Waals surface area (Å²) in [5.74, 6) is -1.53. The Bertz CT molecular complexity index is 316. The number of nitrogens with one attached hydrogen (secondary N) is 2. The molecule has 6 nitrogen and oxygen atoms in total. The molecule has 1 fully saturated rings. The number of hydrogen-bond acceptors (Lipinski definition) is 3. The van der Waals surface area contributed by atoms with Crippen LogP contribution in [-0.4, -0.2) is 42.4 Å². The number of aliphatic carboxylic acids is 1. The number of carbonyl (C=O) groups excluding carboxylic acids is 1. The molecular weight excluding hydrogens is 260 g/mol. The fraction of sp³-hybridized carbons (Fsp3) is 0.857. The van der Waals surface area contributed by atoms with Crippen LogP contribution in [-0.2, 0) is 9.53 Å². The molecule has 1 aliphatic carbocycles. The predicted molar refractivity (Wildman–Crippen MR) is 75.6 cm³/mol. The van der Waals surface area contributed by atoms with Crippen molar-refractivity contribution < 1.29 is 19.4 Å². The number of hydrogen-bond donors (Lipinski definition) is 3. The normalized spacial score (nSPS) is 19.1. The van der Waals surface area contributed by atoms with Gasteiger partial charge in [0, 0.05) is 12.6 Å². The SMILES string of the molecule is CC(NC(=O)NCCOC1CCCCC1)C(C)C(=O)O. The monoisotopic (exact) mass is 286 g/mol. The number of urea groups is 1. The molecule has 1 aliphatic rings. The van der Waals surface area contributed by atoms with Gasteiger partial charge < -0.3 is 20.5 Å². The molecule has 0 aromatic carbocycles. The maximum atomic E-state index is 11.6. The second-order valence-corrected chi connectivity index (χ2v) is 5.45. The van der Waals surface area contributed by atoms with Gasteiger partial charge in [-0.2, -0.15) is 0 Å². The van der Waals surface area contributed by atoms with E-state index in [4.69, 9.17) is 9.84 Å². The standard InChI is InChI=1S/C14H26N2O4/c1-10(13(17)18)11(2)16-14(19)15-8-9-20-12-6-4-3-5-7-12/h10-12H,3-9H2,1-2H3,(H,17,18)(H2,15,16,19). The minimum absolute atomic E-state index is 0.333. The van der Waals surface area contributed by atoms with E-state index in [0.717, 1.165) is 12.8 Å². The topological polar surface area (TPSA) is 87.7 Å². The van der Waals surface area contributed by atoms with Crippen molar-refractivity contribution in [2.75, 3.05) is 13.2 Å². The zero-order valence-electron chi connectivity index (χ0n) is 12.4. The van der Waals surface area contributed by atoms with Gasteiger partial charge in [-0.25, -0.2) is 4.79 Å². The average Bonchev–Trinajstić information content (AvgIpc) is 2.43. The Balaban J connectivity index is 2.09. The van der Waals surface area contributed by atoms with Crippen LogP contribution in [0.5, 0.6) is 0 Å². The fourth-order valence-corrected chi connectivity index (χ4v) is 2.22. The molecular formula is C14H26N2O4. The number of carboxylic acids is 1. The van der Waals surface area contributed by atoms with Gasteiger partial charge in [0.25, 0.3) is 0 Å². The number of carbonyl (C=O) groups is 2. The first-order valence-corrected chi connectivity index (χ1v) is 7.39. The van der Waals surface area contributed by atoms with Crippen molar-refractivity contribution in [2.24, 2.45) is 5.92 Å². The van der Waals surface area contributed by atoms with E-state index in [-0.39, 0.29) is 6.03 Å². The van der Waals surface area contributed by atoms with Crippen LogP contribution >= 0.6 is 0 Å². The van der Waals surface area contributed by atoms with Gasteiger partial charge in [0.15, 0.2) is 0 Å². The van der Waals surface area contributed by atoms with E-state index in [1.54, 1.807) is 13.8 Å². The summed E-state index contributed by atoms with van der Waals surface area (Å²) >= 11 is 0. The highest BCUT2D eigenvalue weighted by Gasteiger charge is 2.20. The highest BCUT2D eigenvalue weighted by atomic mass is 16.5. The third kappa shape index (κ3) is 6.23. The number of carboxylic acid groups (broad SMARTS) is 1. The van der Waals surface area contributed by atoms with Crippen LogP contribution in [0.2, 0.25) is 0 Å². The van der Waals surface area contributed by atoms with Gasteiger partial charge in [0.2, 0.25) is 0 Å². The summed E-state index contributed by atoms with van der Waals surface area (Å²) in [4.78, 5) is 22.3. The van der Waals surface area contributed by atoms with Crippen molar-refractivity contribution in [1.29, 1.82) is 0 Å². The molecule has 2 amide bonds. The third-order valence-electron chi connectivity index (χ3n) is 3.79. The van der Waals surface area contributed by atoms with Gasteiger partial charge in [-0.1, -0.05) is 19.3 Å². The summed E-state index contributed by atoms with van der Waals surface area (Å²) in [6.45, 7) is 4.19. The van der Waals surface area contributed by atoms with Crippen molar-refractivity contribution in [1.82, 2.24) is 10.6 Å². The summed E-state index contributed by atoms with van der Waals surface area (Å²) in [7, 11) is 0. The van der Waals surface area contributed by atoms with Crippen molar-refractivity contribution in [2.45, 2.75) is 58.1 Å². The molecule has 2 atom stereocenters. The van der Waals surface area contributed by atoms with Crippen molar-refractivity contribution in [3.8, 4) is 0 Å². The van der Waals surface area contributed by atoms with E-state index < -0.39 is 17.9 Å². The lowest BCUT2D eigenvalue weighted by Crippen LogP contribution is -2.46. The lowest BCUT2D eigenvalue weighted by atomic mass is 9.98. The molecule has 6 heteroatoms. The molecule has 0 aliphatic heterocycles. The molecule has 116 valence electrons. The van der Waals surface area contributed by atoms with Gasteiger partial charge in [0.1, 0.15) is 0 Å².